The van der Waals surface area contributed by atoms with E-state index < -0.39 is 0 Å². The maximum absolute atomic E-state index is 13.4. The van der Waals surface area contributed by atoms with Crippen molar-refractivity contribution >= 4 is 22.6 Å². The first kappa shape index (κ1) is 19.2. The number of fused-ring (bicyclic) bond motifs is 1. The fourth-order valence-electron chi connectivity index (χ4n) is 4.47. The second-order valence-electron chi connectivity index (χ2n) is 8.29. The fourth-order valence-corrected chi connectivity index (χ4v) is 5.23. The number of nitrogens with zero attached hydrogens (tertiary/aromatic N) is 4. The molecule has 1 atom stereocenters. The highest BCUT2D eigenvalue weighted by atomic mass is 32.1. The minimum atomic E-state index is -0.115. The zero-order chi connectivity index (χ0) is 20.5. The average molecular weight is 419 g/mol. The molecular weight excluding hydrogens is 392 g/mol. The van der Waals surface area contributed by atoms with Crippen molar-refractivity contribution in [3.05, 3.63) is 76.6 Å². The summed E-state index contributed by atoms with van der Waals surface area (Å²) in [4.78, 5) is 22.4. The zero-order valence-corrected chi connectivity index (χ0v) is 18.1. The first-order valence-electron chi connectivity index (χ1n) is 10.7. The molecule has 1 fully saturated rings. The molecule has 0 unspecified atom stereocenters. The van der Waals surface area contributed by atoms with Crippen LogP contribution < -0.4 is 4.90 Å². The van der Waals surface area contributed by atoms with Gasteiger partial charge in [-0.25, -0.2) is 4.98 Å². The first-order chi connectivity index (χ1) is 14.7. The maximum atomic E-state index is 13.4. The quantitative estimate of drug-likeness (QED) is 0.643. The molecule has 154 valence electrons. The van der Waals surface area contributed by atoms with Gasteiger partial charge in [0.2, 0.25) is 11.0 Å². The van der Waals surface area contributed by atoms with Gasteiger partial charge in [0.25, 0.3) is 0 Å². The van der Waals surface area contributed by atoms with Crippen LogP contribution >= 0.6 is 11.5 Å². The van der Waals surface area contributed by atoms with Crippen LogP contribution in [0.15, 0.2) is 48.5 Å². The Morgan fingerprint density at radius 2 is 1.90 bits per heavy atom. The van der Waals surface area contributed by atoms with Crippen LogP contribution in [0.5, 0.6) is 0 Å². The van der Waals surface area contributed by atoms with Crippen molar-refractivity contribution in [3.63, 3.8) is 0 Å². The summed E-state index contributed by atoms with van der Waals surface area (Å²) in [5.74, 6) is 1.07. The predicted molar refractivity (Wildman–Crippen MR) is 120 cm³/mol. The summed E-state index contributed by atoms with van der Waals surface area (Å²) in [5.41, 5.74) is 5.11. The smallest absolute Gasteiger partial charge is 0.245 e. The summed E-state index contributed by atoms with van der Waals surface area (Å²) in [6.07, 6.45) is 3.58. The maximum Gasteiger partial charge on any atom is 0.245 e. The molecule has 5 nitrogen and oxygen atoms in total. The van der Waals surface area contributed by atoms with E-state index in [1.807, 2.05) is 4.90 Å². The SMILES string of the molecule is Cc1ccc(Cc2nsc(N3CCC[C@H]3C(=O)N3CCc4ccccc4C3)n2)cc1. The van der Waals surface area contributed by atoms with Crippen LogP contribution in [0, 0.1) is 6.92 Å². The minimum absolute atomic E-state index is 0.115. The highest BCUT2D eigenvalue weighted by Gasteiger charge is 2.36. The van der Waals surface area contributed by atoms with Gasteiger partial charge in [0.1, 0.15) is 11.9 Å². The molecule has 1 amide bonds. The van der Waals surface area contributed by atoms with E-state index in [1.54, 1.807) is 0 Å². The molecule has 6 heteroatoms. The minimum Gasteiger partial charge on any atom is -0.336 e. The molecule has 2 aliphatic rings. The third-order valence-electron chi connectivity index (χ3n) is 6.17. The van der Waals surface area contributed by atoms with E-state index in [1.165, 1.54) is 33.8 Å². The molecule has 0 N–H and O–H groups in total. The van der Waals surface area contributed by atoms with E-state index in [0.717, 1.165) is 49.7 Å². The first-order valence-corrected chi connectivity index (χ1v) is 11.4. The monoisotopic (exact) mass is 418 g/mol. The molecule has 0 radical (unpaired) electrons. The summed E-state index contributed by atoms with van der Waals surface area (Å²) in [6, 6.07) is 16.8. The number of aryl methyl sites for hydroxylation is 1. The third-order valence-corrected chi connectivity index (χ3v) is 6.96. The second kappa shape index (κ2) is 8.19. The van der Waals surface area contributed by atoms with Crippen LogP contribution in [-0.2, 0) is 24.2 Å². The molecule has 3 heterocycles. The highest BCUT2D eigenvalue weighted by Crippen LogP contribution is 2.30. The van der Waals surface area contributed by atoms with Crippen LogP contribution in [-0.4, -0.2) is 39.3 Å². The Labute approximate surface area is 181 Å². The lowest BCUT2D eigenvalue weighted by molar-refractivity contribution is -0.133. The van der Waals surface area contributed by atoms with Gasteiger partial charge in [-0.3, -0.25) is 4.79 Å². The molecular formula is C24H26N4OS. The molecule has 0 spiro atoms. The summed E-state index contributed by atoms with van der Waals surface area (Å²) in [6.45, 7) is 4.48. The van der Waals surface area contributed by atoms with Gasteiger partial charge < -0.3 is 9.80 Å². The zero-order valence-electron chi connectivity index (χ0n) is 17.3. The lowest BCUT2D eigenvalue weighted by Crippen LogP contribution is -2.47. The standard InChI is InChI=1S/C24H26N4OS/c1-17-8-10-18(11-9-17)15-22-25-24(30-26-22)28-13-4-7-21(28)23(29)27-14-12-19-5-2-3-6-20(19)16-27/h2-3,5-6,8-11,21H,4,7,12-16H2,1H3/t21-/m0/s1. The predicted octanol–water partition coefficient (Wildman–Crippen LogP) is 3.99. The Kier molecular flexibility index (Phi) is 5.25. The normalized spacial score (nSPS) is 18.5. The Hall–Kier alpha value is -2.73. The van der Waals surface area contributed by atoms with Crippen molar-refractivity contribution in [3.8, 4) is 0 Å². The second-order valence-corrected chi connectivity index (χ2v) is 9.02. The van der Waals surface area contributed by atoms with Crippen molar-refractivity contribution in [2.75, 3.05) is 18.0 Å². The Morgan fingerprint density at radius 3 is 2.73 bits per heavy atom. The van der Waals surface area contributed by atoms with Gasteiger partial charge in [-0.05, 0) is 42.9 Å². The van der Waals surface area contributed by atoms with Crippen LogP contribution in [0.3, 0.4) is 0 Å². The molecule has 3 aromatic rings. The largest absolute Gasteiger partial charge is 0.336 e. The van der Waals surface area contributed by atoms with Crippen LogP contribution in [0.1, 0.15) is 40.9 Å². The van der Waals surface area contributed by atoms with E-state index in [4.69, 9.17) is 4.98 Å². The number of hydrogen-bond acceptors (Lipinski definition) is 5. The van der Waals surface area contributed by atoms with Crippen molar-refractivity contribution in [1.29, 1.82) is 0 Å². The Balaban J connectivity index is 1.29. The molecule has 0 saturated carbocycles. The number of benzene rings is 2. The number of rotatable bonds is 4. The van der Waals surface area contributed by atoms with Gasteiger partial charge in [-0.15, -0.1) is 0 Å². The van der Waals surface area contributed by atoms with Gasteiger partial charge >= 0.3 is 0 Å². The van der Waals surface area contributed by atoms with Crippen molar-refractivity contribution in [2.45, 2.75) is 45.2 Å². The molecule has 2 aromatic carbocycles. The van der Waals surface area contributed by atoms with Gasteiger partial charge in [-0.2, -0.15) is 4.37 Å². The van der Waals surface area contributed by atoms with E-state index >= 15 is 0 Å². The van der Waals surface area contributed by atoms with Gasteiger partial charge in [0, 0.05) is 37.6 Å². The van der Waals surface area contributed by atoms with Crippen LogP contribution in [0.2, 0.25) is 0 Å². The summed E-state index contributed by atoms with van der Waals surface area (Å²) in [7, 11) is 0. The van der Waals surface area contributed by atoms with Crippen molar-refractivity contribution in [1.82, 2.24) is 14.3 Å². The van der Waals surface area contributed by atoms with E-state index in [2.05, 4.69) is 64.7 Å². The van der Waals surface area contributed by atoms with Crippen molar-refractivity contribution < 1.29 is 4.79 Å². The summed E-state index contributed by atoms with van der Waals surface area (Å²) < 4.78 is 4.58. The number of carbonyl (C=O) groups excluding carboxylic acids is 1. The fraction of sp³-hybridized carbons (Fsp3) is 0.375. The number of hydrogen-bond donors (Lipinski definition) is 0. The molecule has 1 saturated heterocycles. The lowest BCUT2D eigenvalue weighted by atomic mass is 9.99. The summed E-state index contributed by atoms with van der Waals surface area (Å²) in [5, 5.41) is 0.880. The number of aromatic nitrogens is 2. The topological polar surface area (TPSA) is 49.3 Å². The van der Waals surface area contributed by atoms with Crippen LogP contribution in [0.25, 0.3) is 0 Å². The van der Waals surface area contributed by atoms with Gasteiger partial charge in [0.05, 0.1) is 0 Å². The molecule has 5 rings (SSSR count). The highest BCUT2D eigenvalue weighted by molar-refractivity contribution is 7.09. The van der Waals surface area contributed by atoms with Crippen molar-refractivity contribution in [2.24, 2.45) is 0 Å². The Bertz CT molecular complexity index is 1050. The van der Waals surface area contributed by atoms with E-state index in [9.17, 15) is 4.79 Å². The molecule has 30 heavy (non-hydrogen) atoms. The average Bonchev–Trinajstić information content (AvgIpc) is 3.44. The van der Waals surface area contributed by atoms with E-state index in [0.29, 0.717) is 6.54 Å². The molecule has 0 aliphatic carbocycles. The molecule has 1 aromatic heterocycles. The number of carbonyl (C=O) groups is 1. The van der Waals surface area contributed by atoms with Gasteiger partial charge in [0.15, 0.2) is 0 Å². The lowest BCUT2D eigenvalue weighted by Gasteiger charge is -2.33. The number of amides is 1. The summed E-state index contributed by atoms with van der Waals surface area (Å²) >= 11 is 1.42. The van der Waals surface area contributed by atoms with Crippen LogP contribution in [0.4, 0.5) is 5.13 Å². The Morgan fingerprint density at radius 1 is 1.10 bits per heavy atom. The van der Waals surface area contributed by atoms with E-state index in [-0.39, 0.29) is 11.9 Å². The third kappa shape index (κ3) is 3.84. The molecule has 0 bridgehead atoms. The number of anilines is 1. The molecule has 2 aliphatic heterocycles. The van der Waals surface area contributed by atoms with Gasteiger partial charge in [-0.1, -0.05) is 54.1 Å².